The molecule has 28 heavy (non-hydrogen) atoms. The number of carbonyl (C=O) groups excluding carboxylic acids is 1. The van der Waals surface area contributed by atoms with Gasteiger partial charge in [0.15, 0.2) is 23.9 Å². The average Bonchev–Trinajstić information content (AvgIpc) is 3.23. The van der Waals surface area contributed by atoms with E-state index in [0.717, 1.165) is 5.56 Å². The second-order valence-electron chi connectivity index (χ2n) is 6.05. The molecule has 0 aliphatic heterocycles. The Hall–Kier alpha value is -3.55. The topological polar surface area (TPSA) is 95.6 Å². The van der Waals surface area contributed by atoms with Gasteiger partial charge in [-0.3, -0.25) is 9.59 Å². The molecule has 3 aromatic rings. The molecule has 146 valence electrons. The first-order chi connectivity index (χ1) is 13.6. The highest BCUT2D eigenvalue weighted by Gasteiger charge is 2.09. The summed E-state index contributed by atoms with van der Waals surface area (Å²) in [5, 5.41) is 6.95. The molecule has 1 N–H and O–H groups in total. The molecule has 0 spiro atoms. The molecule has 0 saturated carbocycles. The van der Waals surface area contributed by atoms with Crippen molar-refractivity contribution in [2.24, 2.45) is 0 Å². The largest absolute Gasteiger partial charge is 0.493 e. The van der Waals surface area contributed by atoms with Gasteiger partial charge in [-0.2, -0.15) is 5.10 Å². The zero-order valence-corrected chi connectivity index (χ0v) is 15.7. The third-order valence-electron chi connectivity index (χ3n) is 3.96. The van der Waals surface area contributed by atoms with Crippen molar-refractivity contribution >= 4 is 5.91 Å². The summed E-state index contributed by atoms with van der Waals surface area (Å²) in [4.78, 5) is 24.0. The van der Waals surface area contributed by atoms with Crippen LogP contribution in [-0.4, -0.2) is 35.9 Å². The Morgan fingerprint density at radius 1 is 1.21 bits per heavy atom. The molecular weight excluding hydrogens is 362 g/mol. The van der Waals surface area contributed by atoms with Crippen molar-refractivity contribution in [1.82, 2.24) is 15.1 Å². The molecule has 0 unspecified atom stereocenters. The number of aryl methyl sites for hydroxylation is 1. The summed E-state index contributed by atoms with van der Waals surface area (Å²) in [5.74, 6) is 1.32. The molecule has 0 saturated heterocycles. The molecule has 1 amide bonds. The van der Waals surface area contributed by atoms with E-state index in [1.807, 2.05) is 19.1 Å². The minimum absolute atomic E-state index is 0.159. The van der Waals surface area contributed by atoms with Crippen molar-refractivity contribution < 1.29 is 18.7 Å². The Kier molecular flexibility index (Phi) is 6.11. The number of aromatic nitrogens is 2. The standard InChI is InChI=1S/C20H21N3O5/c1-14-5-7-17(18(12-14)26-2)28-13-19(24)21-9-10-23-20(25)8-6-15(22-23)16-4-3-11-27-16/h3-8,11-12H,9-10,13H2,1-2H3,(H,21,24). The minimum Gasteiger partial charge on any atom is -0.493 e. The lowest BCUT2D eigenvalue weighted by Crippen LogP contribution is -2.34. The summed E-state index contributed by atoms with van der Waals surface area (Å²) in [5.41, 5.74) is 1.32. The maximum Gasteiger partial charge on any atom is 0.266 e. The van der Waals surface area contributed by atoms with Crippen LogP contribution in [-0.2, 0) is 11.3 Å². The number of furan rings is 1. The summed E-state index contributed by atoms with van der Waals surface area (Å²) in [7, 11) is 1.54. The lowest BCUT2D eigenvalue weighted by molar-refractivity contribution is -0.123. The predicted molar refractivity (Wildman–Crippen MR) is 102 cm³/mol. The number of amides is 1. The van der Waals surface area contributed by atoms with Gasteiger partial charge >= 0.3 is 0 Å². The van der Waals surface area contributed by atoms with Gasteiger partial charge in [-0.1, -0.05) is 6.07 Å². The maximum atomic E-state index is 12.0. The highest BCUT2D eigenvalue weighted by molar-refractivity contribution is 5.77. The van der Waals surface area contributed by atoms with Gasteiger partial charge in [0.2, 0.25) is 0 Å². The molecule has 0 aliphatic carbocycles. The number of hydrogen-bond acceptors (Lipinski definition) is 6. The Balaban J connectivity index is 1.52. The fourth-order valence-electron chi connectivity index (χ4n) is 2.55. The Bertz CT molecular complexity index is 995. The van der Waals surface area contributed by atoms with Gasteiger partial charge in [0.1, 0.15) is 5.69 Å². The molecule has 8 heteroatoms. The number of benzene rings is 1. The molecule has 2 aromatic heterocycles. The van der Waals surface area contributed by atoms with Gasteiger partial charge in [-0.05, 0) is 42.8 Å². The summed E-state index contributed by atoms with van der Waals surface area (Å²) in [6, 6.07) is 12.0. The van der Waals surface area contributed by atoms with Crippen LogP contribution in [0.3, 0.4) is 0 Å². The van der Waals surface area contributed by atoms with Gasteiger partial charge in [0.05, 0.1) is 19.9 Å². The van der Waals surface area contributed by atoms with Gasteiger partial charge in [-0.15, -0.1) is 0 Å². The van der Waals surface area contributed by atoms with E-state index in [1.54, 1.807) is 31.4 Å². The second kappa shape index (κ2) is 8.90. The van der Waals surface area contributed by atoms with Gasteiger partial charge < -0.3 is 19.2 Å². The Morgan fingerprint density at radius 3 is 2.82 bits per heavy atom. The van der Waals surface area contributed by atoms with Crippen LogP contribution in [0, 0.1) is 6.92 Å². The Labute approximate surface area is 161 Å². The first-order valence-corrected chi connectivity index (χ1v) is 8.73. The number of carbonyl (C=O) groups is 1. The van der Waals surface area contributed by atoms with Crippen molar-refractivity contribution in [3.05, 3.63) is 64.6 Å². The van der Waals surface area contributed by atoms with Gasteiger partial charge in [0, 0.05) is 12.6 Å². The maximum absolute atomic E-state index is 12.0. The van der Waals surface area contributed by atoms with Crippen LogP contribution in [0.5, 0.6) is 11.5 Å². The van der Waals surface area contributed by atoms with E-state index in [9.17, 15) is 9.59 Å². The third kappa shape index (κ3) is 4.79. The first kappa shape index (κ1) is 19.2. The molecule has 0 aliphatic rings. The zero-order chi connectivity index (χ0) is 19.9. The van der Waals surface area contributed by atoms with Crippen molar-refractivity contribution in [2.45, 2.75) is 13.5 Å². The lowest BCUT2D eigenvalue weighted by atomic mass is 10.2. The van der Waals surface area contributed by atoms with E-state index in [4.69, 9.17) is 13.9 Å². The van der Waals surface area contributed by atoms with Gasteiger partial charge in [-0.25, -0.2) is 4.68 Å². The zero-order valence-electron chi connectivity index (χ0n) is 15.7. The highest BCUT2D eigenvalue weighted by atomic mass is 16.5. The summed E-state index contributed by atoms with van der Waals surface area (Å²) >= 11 is 0. The summed E-state index contributed by atoms with van der Waals surface area (Å²) in [6.45, 7) is 2.25. The van der Waals surface area contributed by atoms with Crippen LogP contribution < -0.4 is 20.3 Å². The molecule has 3 rings (SSSR count). The second-order valence-corrected chi connectivity index (χ2v) is 6.05. The van der Waals surface area contributed by atoms with Crippen molar-refractivity contribution in [3.8, 4) is 23.0 Å². The molecule has 0 atom stereocenters. The number of ether oxygens (including phenoxy) is 2. The smallest absolute Gasteiger partial charge is 0.266 e. The van der Waals surface area contributed by atoms with Gasteiger partial charge in [0.25, 0.3) is 11.5 Å². The molecular formula is C20H21N3O5. The summed E-state index contributed by atoms with van der Waals surface area (Å²) < 4.78 is 17.3. The van der Waals surface area contributed by atoms with E-state index in [2.05, 4.69) is 10.4 Å². The van der Waals surface area contributed by atoms with Crippen molar-refractivity contribution in [3.63, 3.8) is 0 Å². The fourth-order valence-corrected chi connectivity index (χ4v) is 2.55. The SMILES string of the molecule is COc1cc(C)ccc1OCC(=O)NCCn1nc(-c2ccco2)ccc1=O. The molecule has 1 aromatic carbocycles. The van der Waals surface area contributed by atoms with Crippen molar-refractivity contribution in [2.75, 3.05) is 20.3 Å². The van der Waals surface area contributed by atoms with Crippen LogP contribution in [0.25, 0.3) is 11.5 Å². The number of methoxy groups -OCH3 is 1. The monoisotopic (exact) mass is 383 g/mol. The molecule has 0 radical (unpaired) electrons. The van der Waals surface area contributed by atoms with Crippen LogP contribution in [0.4, 0.5) is 0 Å². The number of hydrogen-bond donors (Lipinski definition) is 1. The molecule has 2 heterocycles. The van der Waals surface area contributed by atoms with Crippen LogP contribution in [0.2, 0.25) is 0 Å². The highest BCUT2D eigenvalue weighted by Crippen LogP contribution is 2.27. The minimum atomic E-state index is -0.308. The average molecular weight is 383 g/mol. The Morgan fingerprint density at radius 2 is 2.07 bits per heavy atom. The lowest BCUT2D eigenvalue weighted by Gasteiger charge is -2.11. The van der Waals surface area contributed by atoms with E-state index < -0.39 is 0 Å². The summed E-state index contributed by atoms with van der Waals surface area (Å²) in [6.07, 6.45) is 1.54. The van der Waals surface area contributed by atoms with Crippen LogP contribution >= 0.6 is 0 Å². The molecule has 0 bridgehead atoms. The fraction of sp³-hybridized carbons (Fsp3) is 0.250. The van der Waals surface area contributed by atoms with Crippen LogP contribution in [0.1, 0.15) is 5.56 Å². The molecule has 8 nitrogen and oxygen atoms in total. The molecule has 0 fully saturated rings. The predicted octanol–water partition coefficient (Wildman–Crippen LogP) is 2.02. The third-order valence-corrected chi connectivity index (χ3v) is 3.96. The van der Waals surface area contributed by atoms with Crippen molar-refractivity contribution in [1.29, 1.82) is 0 Å². The van der Waals surface area contributed by atoms with Crippen LogP contribution in [0.15, 0.2) is 57.9 Å². The normalized spacial score (nSPS) is 10.5. The van der Waals surface area contributed by atoms with E-state index in [-0.39, 0.29) is 31.2 Å². The first-order valence-electron chi connectivity index (χ1n) is 8.73. The number of rotatable bonds is 8. The quantitative estimate of drug-likeness (QED) is 0.639. The number of nitrogens with one attached hydrogen (secondary N) is 1. The number of nitrogens with zero attached hydrogens (tertiary/aromatic N) is 2. The van der Waals surface area contributed by atoms with E-state index in [0.29, 0.717) is 23.0 Å². The van der Waals surface area contributed by atoms with E-state index in [1.165, 1.54) is 17.0 Å². The van der Waals surface area contributed by atoms with E-state index >= 15 is 0 Å².